The molecular formula is C20H24N4O. The summed E-state index contributed by atoms with van der Waals surface area (Å²) in [6, 6.07) is 14.9. The molecule has 1 atom stereocenters. The molecule has 3 aromatic rings. The quantitative estimate of drug-likeness (QED) is 0.778. The Hall–Kier alpha value is -2.37. The molecule has 1 N–H and O–H groups in total. The zero-order valence-corrected chi connectivity index (χ0v) is 14.6. The van der Waals surface area contributed by atoms with Crippen LogP contribution in [0, 0.1) is 0 Å². The number of nitrogens with one attached hydrogen (secondary N) is 1. The van der Waals surface area contributed by atoms with Gasteiger partial charge < -0.3 is 14.6 Å². The summed E-state index contributed by atoms with van der Waals surface area (Å²) in [7, 11) is 2.06. The van der Waals surface area contributed by atoms with Gasteiger partial charge in [-0.05, 0) is 22.9 Å². The number of hydrogen-bond donors (Lipinski definition) is 1. The fourth-order valence-electron chi connectivity index (χ4n) is 3.50. The molecule has 5 heteroatoms. The van der Waals surface area contributed by atoms with Gasteiger partial charge in [-0.3, -0.25) is 4.90 Å². The van der Waals surface area contributed by atoms with Crippen LogP contribution in [0.4, 0.5) is 0 Å². The lowest BCUT2D eigenvalue weighted by Crippen LogP contribution is -2.48. The minimum atomic E-state index is 0.300. The second-order valence-corrected chi connectivity index (χ2v) is 6.51. The molecule has 1 aliphatic rings. The Morgan fingerprint density at radius 3 is 2.92 bits per heavy atom. The Kier molecular flexibility index (Phi) is 4.68. The summed E-state index contributed by atoms with van der Waals surface area (Å²) in [5.41, 5.74) is 0. The van der Waals surface area contributed by atoms with Gasteiger partial charge in [0, 0.05) is 45.6 Å². The van der Waals surface area contributed by atoms with Crippen molar-refractivity contribution in [3.8, 4) is 5.75 Å². The molecule has 1 fully saturated rings. The highest BCUT2D eigenvalue weighted by Gasteiger charge is 2.26. The minimum Gasteiger partial charge on any atom is -0.492 e. The lowest BCUT2D eigenvalue weighted by Gasteiger charge is -2.35. The monoisotopic (exact) mass is 336 g/mol. The first-order valence-electron chi connectivity index (χ1n) is 8.85. The van der Waals surface area contributed by atoms with Gasteiger partial charge in [0.25, 0.3) is 0 Å². The molecule has 130 valence electrons. The minimum absolute atomic E-state index is 0.300. The number of ether oxygens (including phenoxy) is 1. The average Bonchev–Trinajstić information content (AvgIpc) is 3.08. The van der Waals surface area contributed by atoms with Gasteiger partial charge in [0.05, 0.1) is 6.04 Å². The van der Waals surface area contributed by atoms with E-state index in [-0.39, 0.29) is 0 Å². The third-order valence-electron chi connectivity index (χ3n) is 4.88. The van der Waals surface area contributed by atoms with Crippen LogP contribution in [0.1, 0.15) is 11.9 Å². The van der Waals surface area contributed by atoms with E-state index < -0.39 is 0 Å². The molecule has 0 aliphatic carbocycles. The van der Waals surface area contributed by atoms with Crippen molar-refractivity contribution in [2.75, 3.05) is 32.8 Å². The van der Waals surface area contributed by atoms with Crippen LogP contribution < -0.4 is 10.1 Å². The second kappa shape index (κ2) is 7.25. The number of imidazole rings is 1. The smallest absolute Gasteiger partial charge is 0.127 e. The van der Waals surface area contributed by atoms with Gasteiger partial charge in [0.1, 0.15) is 18.2 Å². The number of fused-ring (bicyclic) bond motifs is 1. The summed E-state index contributed by atoms with van der Waals surface area (Å²) in [4.78, 5) is 6.99. The van der Waals surface area contributed by atoms with Crippen LogP contribution in [0.25, 0.3) is 10.8 Å². The van der Waals surface area contributed by atoms with Crippen molar-refractivity contribution in [1.29, 1.82) is 0 Å². The number of nitrogens with zero attached hydrogens (tertiary/aromatic N) is 3. The molecule has 25 heavy (non-hydrogen) atoms. The van der Waals surface area contributed by atoms with Gasteiger partial charge >= 0.3 is 0 Å². The maximum absolute atomic E-state index is 6.02. The highest BCUT2D eigenvalue weighted by atomic mass is 16.5. The molecule has 1 unspecified atom stereocenters. The van der Waals surface area contributed by atoms with E-state index in [1.54, 1.807) is 0 Å². The van der Waals surface area contributed by atoms with Crippen LogP contribution in [0.2, 0.25) is 0 Å². The molecule has 4 rings (SSSR count). The van der Waals surface area contributed by atoms with Crippen molar-refractivity contribution in [2.45, 2.75) is 6.04 Å². The van der Waals surface area contributed by atoms with Gasteiger partial charge in [0.2, 0.25) is 0 Å². The highest BCUT2D eigenvalue weighted by molar-refractivity contribution is 5.83. The van der Waals surface area contributed by atoms with Crippen LogP contribution in [-0.2, 0) is 7.05 Å². The molecule has 0 amide bonds. The van der Waals surface area contributed by atoms with E-state index in [4.69, 9.17) is 4.74 Å². The van der Waals surface area contributed by atoms with E-state index in [2.05, 4.69) is 69.3 Å². The van der Waals surface area contributed by atoms with Crippen molar-refractivity contribution in [1.82, 2.24) is 19.8 Å². The molecule has 1 saturated heterocycles. The zero-order valence-electron chi connectivity index (χ0n) is 14.6. The van der Waals surface area contributed by atoms with E-state index in [0.29, 0.717) is 12.6 Å². The number of hydrogen-bond acceptors (Lipinski definition) is 4. The van der Waals surface area contributed by atoms with E-state index in [9.17, 15) is 0 Å². The Balaban J connectivity index is 1.40. The Bertz CT molecular complexity index is 844. The summed E-state index contributed by atoms with van der Waals surface area (Å²) in [6.07, 6.45) is 3.88. The summed E-state index contributed by atoms with van der Waals surface area (Å²) in [6.45, 7) is 4.53. The predicted octanol–water partition coefficient (Wildman–Crippen LogP) is 2.60. The van der Waals surface area contributed by atoms with Gasteiger partial charge in [-0.25, -0.2) is 4.98 Å². The van der Waals surface area contributed by atoms with Crippen LogP contribution in [-0.4, -0.2) is 47.2 Å². The van der Waals surface area contributed by atoms with E-state index in [1.165, 1.54) is 10.8 Å². The predicted molar refractivity (Wildman–Crippen MR) is 99.8 cm³/mol. The van der Waals surface area contributed by atoms with E-state index in [0.717, 1.165) is 37.8 Å². The van der Waals surface area contributed by atoms with E-state index in [1.807, 2.05) is 12.4 Å². The molecule has 5 nitrogen and oxygen atoms in total. The first kappa shape index (κ1) is 16.1. The molecule has 1 aromatic heterocycles. The van der Waals surface area contributed by atoms with Crippen molar-refractivity contribution in [2.24, 2.45) is 7.05 Å². The van der Waals surface area contributed by atoms with E-state index >= 15 is 0 Å². The first-order valence-corrected chi connectivity index (χ1v) is 8.85. The standard InChI is InChI=1S/C20H24N4O/c1-23-10-9-22-20(23)19-15-21-8-11-24(19)12-13-25-18-7-6-16-4-2-3-5-17(16)14-18/h2-7,9-10,14,19,21H,8,11-13,15H2,1H3. The largest absolute Gasteiger partial charge is 0.492 e. The normalized spacial score (nSPS) is 18.5. The third-order valence-corrected chi connectivity index (χ3v) is 4.88. The maximum Gasteiger partial charge on any atom is 0.127 e. The fraction of sp³-hybridized carbons (Fsp3) is 0.350. The number of benzene rings is 2. The second-order valence-electron chi connectivity index (χ2n) is 6.51. The van der Waals surface area contributed by atoms with Crippen LogP contribution in [0.5, 0.6) is 5.75 Å². The van der Waals surface area contributed by atoms with Crippen LogP contribution >= 0.6 is 0 Å². The lowest BCUT2D eigenvalue weighted by atomic mass is 10.1. The molecular weight excluding hydrogens is 312 g/mol. The molecule has 1 aliphatic heterocycles. The first-order chi connectivity index (χ1) is 12.3. The van der Waals surface area contributed by atoms with Crippen molar-refractivity contribution in [3.63, 3.8) is 0 Å². The van der Waals surface area contributed by atoms with Gasteiger partial charge in [-0.2, -0.15) is 0 Å². The van der Waals surface area contributed by atoms with Gasteiger partial charge in [-0.1, -0.05) is 30.3 Å². The van der Waals surface area contributed by atoms with Crippen LogP contribution in [0.3, 0.4) is 0 Å². The maximum atomic E-state index is 6.02. The molecule has 2 heterocycles. The van der Waals surface area contributed by atoms with Gasteiger partial charge in [-0.15, -0.1) is 0 Å². The van der Waals surface area contributed by atoms with Crippen LogP contribution in [0.15, 0.2) is 54.9 Å². The number of rotatable bonds is 5. The van der Waals surface area contributed by atoms with Gasteiger partial charge in [0.15, 0.2) is 0 Å². The summed E-state index contributed by atoms with van der Waals surface area (Å²) >= 11 is 0. The molecule has 0 saturated carbocycles. The number of aromatic nitrogens is 2. The summed E-state index contributed by atoms with van der Waals surface area (Å²) in [5, 5.41) is 5.93. The van der Waals surface area contributed by atoms with Crippen molar-refractivity contribution < 1.29 is 4.74 Å². The Morgan fingerprint density at radius 1 is 1.20 bits per heavy atom. The Labute approximate surface area is 148 Å². The molecule has 0 spiro atoms. The zero-order chi connectivity index (χ0) is 17.1. The SMILES string of the molecule is Cn1ccnc1C1CNCCN1CCOc1ccc2ccccc2c1. The topological polar surface area (TPSA) is 42.3 Å². The highest BCUT2D eigenvalue weighted by Crippen LogP contribution is 2.22. The molecule has 0 radical (unpaired) electrons. The molecule has 2 aromatic carbocycles. The van der Waals surface area contributed by atoms with Crippen molar-refractivity contribution in [3.05, 3.63) is 60.7 Å². The van der Waals surface area contributed by atoms with Crippen molar-refractivity contribution >= 4 is 10.8 Å². The lowest BCUT2D eigenvalue weighted by molar-refractivity contribution is 0.127. The fourth-order valence-corrected chi connectivity index (χ4v) is 3.50. The Morgan fingerprint density at radius 2 is 2.08 bits per heavy atom. The summed E-state index contributed by atoms with van der Waals surface area (Å²) < 4.78 is 8.13. The third kappa shape index (κ3) is 3.52. The number of piperazine rings is 1. The molecule has 0 bridgehead atoms. The number of aryl methyl sites for hydroxylation is 1. The summed E-state index contributed by atoms with van der Waals surface area (Å²) in [5.74, 6) is 2.04. The average molecular weight is 336 g/mol.